The third-order valence-corrected chi connectivity index (χ3v) is 3.59. The smallest absolute Gasteiger partial charge is 0.125 e. The summed E-state index contributed by atoms with van der Waals surface area (Å²) in [7, 11) is 0. The Labute approximate surface area is 120 Å². The third kappa shape index (κ3) is 2.83. The Balaban J connectivity index is 2.26. The summed E-state index contributed by atoms with van der Waals surface area (Å²) < 4.78 is 6.01. The van der Waals surface area contributed by atoms with Crippen LogP contribution >= 0.6 is 0 Å². The van der Waals surface area contributed by atoms with E-state index in [4.69, 9.17) is 10.00 Å². The van der Waals surface area contributed by atoms with Crippen LogP contribution in [0.15, 0.2) is 30.3 Å². The lowest BCUT2D eigenvalue weighted by atomic mass is 10.0. The number of benzene rings is 2. The zero-order valence-corrected chi connectivity index (χ0v) is 12.4. The van der Waals surface area contributed by atoms with E-state index in [9.17, 15) is 0 Å². The molecule has 0 aliphatic carbocycles. The maximum absolute atomic E-state index is 8.97. The highest BCUT2D eigenvalue weighted by Gasteiger charge is 2.08. The van der Waals surface area contributed by atoms with Gasteiger partial charge in [-0.25, -0.2) is 0 Å². The van der Waals surface area contributed by atoms with Gasteiger partial charge in [0.25, 0.3) is 0 Å². The Morgan fingerprint density at radius 3 is 2.00 bits per heavy atom. The highest BCUT2D eigenvalue weighted by molar-refractivity contribution is 5.47. The van der Waals surface area contributed by atoms with Crippen molar-refractivity contribution in [3.05, 3.63) is 63.7 Å². The minimum absolute atomic E-state index is 0.562. The Hall–Kier alpha value is -2.27. The molecule has 0 radical (unpaired) electrons. The molecule has 0 aromatic heterocycles. The van der Waals surface area contributed by atoms with E-state index in [2.05, 4.69) is 38.1 Å². The van der Waals surface area contributed by atoms with Crippen LogP contribution in [0, 0.1) is 39.0 Å². The zero-order chi connectivity index (χ0) is 14.7. The van der Waals surface area contributed by atoms with Crippen molar-refractivity contribution in [2.24, 2.45) is 0 Å². The molecule has 0 N–H and O–H groups in total. The van der Waals surface area contributed by atoms with Crippen molar-refractivity contribution in [1.29, 1.82) is 5.26 Å². The van der Waals surface area contributed by atoms with Gasteiger partial charge in [0.1, 0.15) is 12.4 Å². The van der Waals surface area contributed by atoms with E-state index < -0.39 is 0 Å². The summed E-state index contributed by atoms with van der Waals surface area (Å²) in [5, 5.41) is 8.97. The molecule has 2 rings (SSSR count). The van der Waals surface area contributed by atoms with Crippen LogP contribution in [-0.4, -0.2) is 0 Å². The quantitative estimate of drug-likeness (QED) is 0.825. The molecule has 0 unspecified atom stereocenters. The largest absolute Gasteiger partial charge is 0.488 e. The first kappa shape index (κ1) is 14.1. The van der Waals surface area contributed by atoms with Crippen LogP contribution in [0.3, 0.4) is 0 Å². The van der Waals surface area contributed by atoms with Gasteiger partial charge in [0, 0.05) is 0 Å². The van der Waals surface area contributed by atoms with Gasteiger partial charge in [-0.1, -0.05) is 18.2 Å². The molecule has 2 heteroatoms. The average Bonchev–Trinajstić information content (AvgIpc) is 2.40. The summed E-state index contributed by atoms with van der Waals surface area (Å²) in [6.07, 6.45) is 0. The fraction of sp³-hybridized carbons (Fsp3) is 0.278. The molecule has 102 valence electrons. The van der Waals surface area contributed by atoms with Gasteiger partial charge < -0.3 is 4.74 Å². The molecule has 0 amide bonds. The fourth-order valence-electron chi connectivity index (χ4n) is 2.46. The van der Waals surface area contributed by atoms with Gasteiger partial charge in [0.05, 0.1) is 11.6 Å². The van der Waals surface area contributed by atoms with E-state index in [0.717, 1.165) is 16.9 Å². The molecule has 2 aromatic carbocycles. The van der Waals surface area contributed by atoms with Gasteiger partial charge in [-0.05, 0) is 67.6 Å². The van der Waals surface area contributed by atoms with E-state index in [1.807, 2.05) is 26.0 Å². The molecule has 0 aliphatic rings. The number of nitriles is 1. The van der Waals surface area contributed by atoms with E-state index in [0.29, 0.717) is 12.2 Å². The molecule has 0 atom stereocenters. The summed E-state index contributed by atoms with van der Waals surface area (Å²) in [6.45, 7) is 8.72. The topological polar surface area (TPSA) is 33.0 Å². The molecule has 0 fully saturated rings. The molecular weight excluding hydrogens is 246 g/mol. The summed E-state index contributed by atoms with van der Waals surface area (Å²) >= 11 is 0. The summed E-state index contributed by atoms with van der Waals surface area (Å²) in [5.74, 6) is 0.881. The van der Waals surface area contributed by atoms with E-state index in [-0.39, 0.29) is 0 Å². The Bertz CT molecular complexity index is 637. The van der Waals surface area contributed by atoms with Gasteiger partial charge in [-0.3, -0.25) is 0 Å². The SMILES string of the molecule is Cc1cccc(C)c1COc1c(C)cc(C#N)cc1C. The number of nitrogens with zero attached hydrogens (tertiary/aromatic N) is 1. The van der Waals surface area contributed by atoms with Crippen LogP contribution in [0.25, 0.3) is 0 Å². The van der Waals surface area contributed by atoms with Crippen molar-refractivity contribution in [3.8, 4) is 11.8 Å². The van der Waals surface area contributed by atoms with Crippen LogP contribution < -0.4 is 4.74 Å². The molecular formula is C18H19NO. The normalized spacial score (nSPS) is 10.2. The number of aryl methyl sites for hydroxylation is 4. The Kier molecular flexibility index (Phi) is 4.10. The van der Waals surface area contributed by atoms with Crippen molar-refractivity contribution in [2.45, 2.75) is 34.3 Å². The lowest BCUT2D eigenvalue weighted by Gasteiger charge is -2.15. The number of ether oxygens (including phenoxy) is 1. The second-order valence-corrected chi connectivity index (χ2v) is 5.21. The highest BCUT2D eigenvalue weighted by Crippen LogP contribution is 2.26. The second-order valence-electron chi connectivity index (χ2n) is 5.21. The van der Waals surface area contributed by atoms with Gasteiger partial charge in [0.2, 0.25) is 0 Å². The van der Waals surface area contributed by atoms with Gasteiger partial charge in [0.15, 0.2) is 0 Å². The van der Waals surface area contributed by atoms with Crippen molar-refractivity contribution < 1.29 is 4.74 Å². The van der Waals surface area contributed by atoms with Gasteiger partial charge in [-0.15, -0.1) is 0 Å². The molecule has 0 saturated heterocycles. The minimum Gasteiger partial charge on any atom is -0.488 e. The molecule has 0 bridgehead atoms. The van der Waals surface area contributed by atoms with E-state index in [1.54, 1.807) is 0 Å². The van der Waals surface area contributed by atoms with Gasteiger partial charge >= 0.3 is 0 Å². The molecule has 0 saturated carbocycles. The maximum atomic E-state index is 8.97. The standard InChI is InChI=1S/C18H19NO/c1-12-6-5-7-13(2)17(12)11-20-18-14(3)8-16(10-19)9-15(18)4/h5-9H,11H2,1-4H3. The molecule has 2 aromatic rings. The summed E-state index contributed by atoms with van der Waals surface area (Å²) in [4.78, 5) is 0. The van der Waals surface area contributed by atoms with E-state index >= 15 is 0 Å². The van der Waals surface area contributed by atoms with E-state index in [1.165, 1.54) is 16.7 Å². The predicted molar refractivity (Wildman–Crippen MR) is 80.9 cm³/mol. The zero-order valence-electron chi connectivity index (χ0n) is 12.4. The summed E-state index contributed by atoms with van der Waals surface area (Å²) in [6, 6.07) is 12.2. The first-order valence-corrected chi connectivity index (χ1v) is 6.72. The fourth-order valence-corrected chi connectivity index (χ4v) is 2.46. The lowest BCUT2D eigenvalue weighted by Crippen LogP contribution is -2.03. The van der Waals surface area contributed by atoms with Gasteiger partial charge in [-0.2, -0.15) is 5.26 Å². The Morgan fingerprint density at radius 1 is 0.950 bits per heavy atom. The summed E-state index contributed by atoms with van der Waals surface area (Å²) in [5.41, 5.74) is 6.42. The van der Waals surface area contributed by atoms with Crippen LogP contribution in [0.2, 0.25) is 0 Å². The third-order valence-electron chi connectivity index (χ3n) is 3.59. The molecule has 20 heavy (non-hydrogen) atoms. The van der Waals surface area contributed by atoms with Crippen molar-refractivity contribution in [1.82, 2.24) is 0 Å². The number of hydrogen-bond acceptors (Lipinski definition) is 2. The number of hydrogen-bond donors (Lipinski definition) is 0. The van der Waals surface area contributed by atoms with Crippen LogP contribution in [0.5, 0.6) is 5.75 Å². The molecule has 2 nitrogen and oxygen atoms in total. The predicted octanol–water partition coefficient (Wildman–Crippen LogP) is 4.37. The minimum atomic E-state index is 0.562. The lowest BCUT2D eigenvalue weighted by molar-refractivity contribution is 0.300. The second kappa shape index (κ2) is 5.79. The molecule has 0 aliphatic heterocycles. The van der Waals surface area contributed by atoms with Crippen LogP contribution in [-0.2, 0) is 6.61 Å². The first-order valence-electron chi connectivity index (χ1n) is 6.72. The van der Waals surface area contributed by atoms with Crippen molar-refractivity contribution >= 4 is 0 Å². The van der Waals surface area contributed by atoms with Crippen molar-refractivity contribution in [3.63, 3.8) is 0 Å². The van der Waals surface area contributed by atoms with Crippen LogP contribution in [0.4, 0.5) is 0 Å². The highest BCUT2D eigenvalue weighted by atomic mass is 16.5. The molecule has 0 spiro atoms. The maximum Gasteiger partial charge on any atom is 0.125 e. The average molecular weight is 265 g/mol. The number of rotatable bonds is 3. The molecule has 0 heterocycles. The Morgan fingerprint density at radius 2 is 1.50 bits per heavy atom. The van der Waals surface area contributed by atoms with Crippen LogP contribution in [0.1, 0.15) is 33.4 Å². The first-order chi connectivity index (χ1) is 9.52. The monoisotopic (exact) mass is 265 g/mol. The van der Waals surface area contributed by atoms with Crippen molar-refractivity contribution in [2.75, 3.05) is 0 Å².